The van der Waals surface area contributed by atoms with Crippen molar-refractivity contribution in [3.8, 4) is 12.1 Å². The van der Waals surface area contributed by atoms with Crippen molar-refractivity contribution in [2.24, 2.45) is 0 Å². The minimum absolute atomic E-state index is 0. The van der Waals surface area contributed by atoms with Gasteiger partial charge in [-0.1, -0.05) is 0 Å². The molecule has 6 aromatic rings. The van der Waals surface area contributed by atoms with Crippen LogP contribution in [-0.4, -0.2) is 114 Å². The average molecular weight is 833 g/mol. The number of aromatic nitrogens is 8. The Labute approximate surface area is 349 Å². The van der Waals surface area contributed by atoms with Crippen LogP contribution < -0.4 is 26.2 Å². The number of nitrogens with one attached hydrogen (secondary N) is 3. The smallest absolute Gasteiger partial charge is 0.303 e. The number of anilines is 2. The van der Waals surface area contributed by atoms with Crippen LogP contribution >= 0.6 is 12.4 Å². The molecule has 2 aliphatic heterocycles. The molecule has 0 aliphatic carbocycles. The Morgan fingerprint density at radius 1 is 0.667 bits per heavy atom. The highest BCUT2D eigenvalue weighted by molar-refractivity contribution is 5.85. The van der Waals surface area contributed by atoms with Crippen molar-refractivity contribution in [3.05, 3.63) is 117 Å². The van der Waals surface area contributed by atoms with E-state index < -0.39 is 5.97 Å². The molecule has 0 bridgehead atoms. The number of aryl methyl sites for hydroxylation is 2. The van der Waals surface area contributed by atoms with Crippen molar-refractivity contribution in [2.75, 3.05) is 62.2 Å². The third-order valence-corrected chi connectivity index (χ3v) is 9.33. The molecule has 0 aromatic carbocycles. The predicted molar refractivity (Wildman–Crippen MR) is 224 cm³/mol. The van der Waals surface area contributed by atoms with E-state index >= 15 is 0 Å². The number of halogens is 1. The molecule has 0 saturated carbocycles. The molecule has 20 heteroatoms. The Kier molecular flexibility index (Phi) is 15.6. The predicted octanol–water partition coefficient (Wildman–Crippen LogP) is 1.99. The van der Waals surface area contributed by atoms with Crippen molar-refractivity contribution in [2.45, 2.75) is 25.7 Å². The van der Waals surface area contributed by atoms with Gasteiger partial charge in [0.05, 0.1) is 28.6 Å². The number of fused-ring (bicyclic) bond motifs is 2. The third-order valence-electron chi connectivity index (χ3n) is 9.33. The highest BCUT2D eigenvalue weighted by Gasteiger charge is 2.22. The second-order valence-corrected chi connectivity index (χ2v) is 13.3. The molecule has 2 saturated heterocycles. The lowest BCUT2D eigenvalue weighted by Gasteiger charge is -2.35. The fourth-order valence-electron chi connectivity index (χ4n) is 6.25. The summed E-state index contributed by atoms with van der Waals surface area (Å²) in [5.41, 5.74) is 2.08. The molecule has 8 rings (SSSR count). The van der Waals surface area contributed by atoms with Crippen LogP contribution in [0.3, 0.4) is 0 Å². The first-order chi connectivity index (χ1) is 28.7. The minimum atomic E-state index is -0.922. The van der Waals surface area contributed by atoms with Crippen LogP contribution in [0.15, 0.2) is 82.9 Å². The molecule has 60 heavy (non-hydrogen) atoms. The first-order valence-electron chi connectivity index (χ1n) is 18.8. The number of hydrogen-bond acceptors (Lipinski definition) is 15. The summed E-state index contributed by atoms with van der Waals surface area (Å²) in [5.74, 6) is 1.74. The summed E-state index contributed by atoms with van der Waals surface area (Å²) in [4.78, 5) is 82.9. The van der Waals surface area contributed by atoms with Gasteiger partial charge in [0.15, 0.2) is 11.0 Å². The molecule has 8 heterocycles. The lowest BCUT2D eigenvalue weighted by atomic mass is 10.2. The molecule has 308 valence electrons. The fraction of sp³-hybridized carbons (Fsp3) is 0.300. The first-order valence-corrected chi connectivity index (χ1v) is 18.8. The molecule has 0 atom stereocenters. The standard InChI is InChI=1S/C20H19N7O2.C10H12N4.C10H9N3O3.ClH/c21-12-14-3-5-17(23-13-14)26-8-10-27(11-9-26)18(28)6-4-16-24-15-2-1-7-22-19(15)20(29)25-16;11-7-9-1-2-10(13-8-9)14-5-3-12-4-6-14;14-8(15)4-3-7-12-6-2-1-5-11-9(6)10(16)13-7;/h1-3,5,7,13H,4,6,8-11H2,(H,24,25,29);1-2,8,12H,3-6H2;1-2,5H,3-4H2,(H,14,15)(H,12,13,16);1H. The maximum Gasteiger partial charge on any atom is 0.303 e. The molecule has 2 fully saturated rings. The molecule has 6 aromatic heterocycles. The summed E-state index contributed by atoms with van der Waals surface area (Å²) in [6, 6.07) is 18.2. The van der Waals surface area contributed by atoms with E-state index in [9.17, 15) is 19.2 Å². The van der Waals surface area contributed by atoms with Crippen LogP contribution in [0.2, 0.25) is 0 Å². The SMILES string of the molecule is Cl.N#Cc1ccc(N2CCN(C(=O)CCc3nc4cccnc4c(=O)[nH]3)CC2)nc1.N#Cc1ccc(N2CCNCC2)nc1.O=C(O)CCc1nc2cccnc2c(=O)[nH]1. The number of pyridine rings is 4. The van der Waals surface area contributed by atoms with Crippen LogP contribution in [0.25, 0.3) is 22.1 Å². The van der Waals surface area contributed by atoms with Crippen molar-refractivity contribution >= 4 is 58.0 Å². The number of carbonyl (C=O) groups excluding carboxylic acids is 1. The molecule has 1 amide bonds. The molecule has 19 nitrogen and oxygen atoms in total. The number of H-pyrrole nitrogens is 2. The third kappa shape index (κ3) is 11.8. The first kappa shape index (κ1) is 43.8. The largest absolute Gasteiger partial charge is 0.481 e. The minimum Gasteiger partial charge on any atom is -0.481 e. The van der Waals surface area contributed by atoms with Gasteiger partial charge in [-0.05, 0) is 48.5 Å². The topological polar surface area (TPSA) is 267 Å². The summed E-state index contributed by atoms with van der Waals surface area (Å²) < 4.78 is 0. The van der Waals surface area contributed by atoms with Gasteiger partial charge in [-0.25, -0.2) is 29.9 Å². The number of carboxylic acids is 1. The molecule has 0 unspecified atom stereocenters. The van der Waals surface area contributed by atoms with E-state index in [2.05, 4.69) is 67.1 Å². The van der Waals surface area contributed by atoms with Crippen LogP contribution in [0.5, 0.6) is 0 Å². The number of nitrogens with zero attached hydrogens (tertiary/aromatic N) is 11. The van der Waals surface area contributed by atoms with Gasteiger partial charge in [0.1, 0.15) is 35.4 Å². The number of rotatable bonds is 8. The summed E-state index contributed by atoms with van der Waals surface area (Å²) in [5, 5.41) is 29.3. The number of piperazine rings is 2. The quantitative estimate of drug-likeness (QED) is 0.171. The van der Waals surface area contributed by atoms with Crippen LogP contribution in [-0.2, 0) is 22.4 Å². The normalized spacial score (nSPS) is 13.4. The van der Waals surface area contributed by atoms with Gasteiger partial charge in [-0.3, -0.25) is 19.2 Å². The van der Waals surface area contributed by atoms with E-state index in [0.717, 1.165) is 37.8 Å². The molecular formula is C40H41ClN14O5. The average Bonchev–Trinajstić information content (AvgIpc) is 3.28. The van der Waals surface area contributed by atoms with E-state index in [4.69, 9.17) is 15.6 Å². The van der Waals surface area contributed by atoms with E-state index in [0.29, 0.717) is 71.9 Å². The van der Waals surface area contributed by atoms with Gasteiger partial charge in [-0.2, -0.15) is 10.5 Å². The zero-order valence-corrected chi connectivity index (χ0v) is 33.1. The molecule has 0 radical (unpaired) electrons. The highest BCUT2D eigenvalue weighted by atomic mass is 35.5. The molecular weight excluding hydrogens is 792 g/mol. The Hall–Kier alpha value is -7.35. The molecule has 4 N–H and O–H groups in total. The number of aromatic amines is 2. The van der Waals surface area contributed by atoms with E-state index in [-0.39, 0.29) is 54.2 Å². The van der Waals surface area contributed by atoms with Crippen molar-refractivity contribution < 1.29 is 14.7 Å². The summed E-state index contributed by atoms with van der Waals surface area (Å²) in [6.45, 7) is 6.54. The molecule has 2 aliphatic rings. The second-order valence-electron chi connectivity index (χ2n) is 13.3. The second kappa shape index (κ2) is 21.4. The Balaban J connectivity index is 0.000000186. The van der Waals surface area contributed by atoms with Gasteiger partial charge >= 0.3 is 5.97 Å². The highest BCUT2D eigenvalue weighted by Crippen LogP contribution is 2.15. The number of carbonyl (C=O) groups is 2. The summed E-state index contributed by atoms with van der Waals surface area (Å²) in [6.07, 6.45) is 7.03. The number of hydrogen-bond donors (Lipinski definition) is 4. The number of nitriles is 2. The van der Waals surface area contributed by atoms with Gasteiger partial charge in [-0.15, -0.1) is 12.4 Å². The van der Waals surface area contributed by atoms with E-state index in [1.165, 1.54) is 6.20 Å². The summed E-state index contributed by atoms with van der Waals surface area (Å²) in [7, 11) is 0. The van der Waals surface area contributed by atoms with Crippen LogP contribution in [0.1, 0.15) is 35.6 Å². The van der Waals surface area contributed by atoms with Crippen molar-refractivity contribution in [1.29, 1.82) is 10.5 Å². The van der Waals surface area contributed by atoms with Gasteiger partial charge in [0.2, 0.25) is 5.91 Å². The number of amides is 1. The lowest BCUT2D eigenvalue weighted by Crippen LogP contribution is -2.49. The monoisotopic (exact) mass is 832 g/mol. The van der Waals surface area contributed by atoms with Crippen LogP contribution in [0, 0.1) is 22.7 Å². The number of aliphatic carboxylic acids is 1. The van der Waals surface area contributed by atoms with Gasteiger partial charge < -0.3 is 35.1 Å². The fourth-order valence-corrected chi connectivity index (χ4v) is 6.25. The maximum atomic E-state index is 12.6. The van der Waals surface area contributed by atoms with Crippen LogP contribution in [0.4, 0.5) is 11.6 Å². The van der Waals surface area contributed by atoms with Crippen molar-refractivity contribution in [1.82, 2.24) is 50.1 Å². The van der Waals surface area contributed by atoms with Crippen molar-refractivity contribution in [3.63, 3.8) is 0 Å². The Morgan fingerprint density at radius 3 is 1.60 bits per heavy atom. The van der Waals surface area contributed by atoms with E-state index in [1.807, 2.05) is 23.1 Å². The van der Waals surface area contributed by atoms with Gasteiger partial charge in [0.25, 0.3) is 11.1 Å². The Bertz CT molecular complexity index is 2590. The zero-order chi connectivity index (χ0) is 41.6. The zero-order valence-electron chi connectivity index (χ0n) is 32.3. The van der Waals surface area contributed by atoms with E-state index in [1.54, 1.807) is 48.9 Å². The maximum absolute atomic E-state index is 12.6. The lowest BCUT2D eigenvalue weighted by molar-refractivity contribution is -0.137. The molecule has 0 spiro atoms. The van der Waals surface area contributed by atoms with Gasteiger partial charge in [0, 0.05) is 96.4 Å². The Morgan fingerprint density at radius 2 is 1.15 bits per heavy atom. The summed E-state index contributed by atoms with van der Waals surface area (Å²) >= 11 is 0. The number of carboxylic acid groups (broad SMARTS) is 1.